The third-order valence-corrected chi connectivity index (χ3v) is 2.51. The van der Waals surface area contributed by atoms with Crippen LogP contribution in [0.2, 0.25) is 0 Å². The molecule has 1 aromatic rings. The standard InChI is InChI=1S/C13H21N/c1-11(2)8-13(10-14)9-12-6-4-3-5-7-12/h3-7,11,13H,8-10,14H2,1-2H3. The highest BCUT2D eigenvalue weighted by molar-refractivity contribution is 5.15. The summed E-state index contributed by atoms with van der Waals surface area (Å²) in [6.07, 6.45) is 2.35. The van der Waals surface area contributed by atoms with Gasteiger partial charge in [0.1, 0.15) is 0 Å². The lowest BCUT2D eigenvalue weighted by molar-refractivity contribution is 0.415. The van der Waals surface area contributed by atoms with Gasteiger partial charge in [0.15, 0.2) is 0 Å². The molecule has 1 rings (SSSR count). The third-order valence-electron chi connectivity index (χ3n) is 2.51. The smallest absolute Gasteiger partial charge is 0.00456 e. The van der Waals surface area contributed by atoms with Gasteiger partial charge in [0.2, 0.25) is 0 Å². The minimum Gasteiger partial charge on any atom is -0.330 e. The lowest BCUT2D eigenvalue weighted by Gasteiger charge is -2.16. The van der Waals surface area contributed by atoms with Gasteiger partial charge in [0, 0.05) is 0 Å². The lowest BCUT2D eigenvalue weighted by Crippen LogP contribution is -2.18. The number of hydrogen-bond donors (Lipinski definition) is 1. The number of hydrogen-bond acceptors (Lipinski definition) is 1. The Hall–Kier alpha value is -0.820. The molecule has 0 radical (unpaired) electrons. The van der Waals surface area contributed by atoms with Crippen LogP contribution < -0.4 is 5.73 Å². The monoisotopic (exact) mass is 191 g/mol. The van der Waals surface area contributed by atoms with Crippen molar-refractivity contribution in [2.45, 2.75) is 26.7 Å². The van der Waals surface area contributed by atoms with E-state index in [1.807, 2.05) is 0 Å². The van der Waals surface area contributed by atoms with Crippen molar-refractivity contribution in [1.29, 1.82) is 0 Å². The van der Waals surface area contributed by atoms with Crippen LogP contribution >= 0.6 is 0 Å². The van der Waals surface area contributed by atoms with Gasteiger partial charge in [0.05, 0.1) is 0 Å². The fourth-order valence-electron chi connectivity index (χ4n) is 1.88. The molecular weight excluding hydrogens is 170 g/mol. The second-order valence-electron chi connectivity index (χ2n) is 4.42. The largest absolute Gasteiger partial charge is 0.330 e. The Kier molecular flexibility index (Phi) is 4.68. The zero-order valence-corrected chi connectivity index (χ0v) is 9.24. The van der Waals surface area contributed by atoms with Crippen molar-refractivity contribution in [1.82, 2.24) is 0 Å². The van der Waals surface area contributed by atoms with Gasteiger partial charge in [0.25, 0.3) is 0 Å². The Morgan fingerprint density at radius 2 is 1.79 bits per heavy atom. The maximum absolute atomic E-state index is 5.77. The maximum Gasteiger partial charge on any atom is -0.00456 e. The van der Waals surface area contributed by atoms with Gasteiger partial charge in [-0.3, -0.25) is 0 Å². The van der Waals surface area contributed by atoms with E-state index in [4.69, 9.17) is 5.73 Å². The normalized spacial score (nSPS) is 13.1. The molecular formula is C13H21N. The van der Waals surface area contributed by atoms with Crippen molar-refractivity contribution in [3.8, 4) is 0 Å². The average Bonchev–Trinajstić information content (AvgIpc) is 2.17. The zero-order chi connectivity index (χ0) is 10.4. The maximum atomic E-state index is 5.77. The van der Waals surface area contributed by atoms with Crippen molar-refractivity contribution in [3.63, 3.8) is 0 Å². The van der Waals surface area contributed by atoms with E-state index in [1.54, 1.807) is 0 Å². The number of rotatable bonds is 5. The van der Waals surface area contributed by atoms with Crippen LogP contribution in [0.15, 0.2) is 30.3 Å². The highest BCUT2D eigenvalue weighted by atomic mass is 14.5. The van der Waals surface area contributed by atoms with E-state index in [1.165, 1.54) is 12.0 Å². The van der Waals surface area contributed by atoms with Crippen molar-refractivity contribution in [2.24, 2.45) is 17.6 Å². The Morgan fingerprint density at radius 1 is 1.14 bits per heavy atom. The zero-order valence-electron chi connectivity index (χ0n) is 9.24. The molecule has 0 fully saturated rings. The first-order chi connectivity index (χ1) is 6.72. The molecule has 0 saturated heterocycles. The first kappa shape index (κ1) is 11.3. The van der Waals surface area contributed by atoms with Crippen LogP contribution in [0.1, 0.15) is 25.8 Å². The van der Waals surface area contributed by atoms with Crippen molar-refractivity contribution in [2.75, 3.05) is 6.54 Å². The molecule has 78 valence electrons. The Bertz CT molecular complexity index is 241. The summed E-state index contributed by atoms with van der Waals surface area (Å²) in [7, 11) is 0. The van der Waals surface area contributed by atoms with Crippen LogP contribution in [0.3, 0.4) is 0 Å². The van der Waals surface area contributed by atoms with Crippen LogP contribution in [0.25, 0.3) is 0 Å². The minimum absolute atomic E-state index is 0.636. The first-order valence-corrected chi connectivity index (χ1v) is 5.46. The van der Waals surface area contributed by atoms with E-state index >= 15 is 0 Å². The molecule has 0 aliphatic carbocycles. The molecule has 2 N–H and O–H groups in total. The van der Waals surface area contributed by atoms with E-state index in [9.17, 15) is 0 Å². The van der Waals surface area contributed by atoms with Crippen LogP contribution in [-0.2, 0) is 6.42 Å². The summed E-state index contributed by atoms with van der Waals surface area (Å²) in [4.78, 5) is 0. The Labute approximate surface area is 87.3 Å². The molecule has 1 heteroatoms. The minimum atomic E-state index is 0.636. The van der Waals surface area contributed by atoms with E-state index in [0.29, 0.717) is 5.92 Å². The quantitative estimate of drug-likeness (QED) is 0.761. The molecule has 0 bridgehead atoms. The number of nitrogens with two attached hydrogens (primary N) is 1. The van der Waals surface area contributed by atoms with Crippen LogP contribution in [-0.4, -0.2) is 6.54 Å². The fraction of sp³-hybridized carbons (Fsp3) is 0.538. The van der Waals surface area contributed by atoms with Gasteiger partial charge in [-0.15, -0.1) is 0 Å². The van der Waals surface area contributed by atoms with E-state index in [2.05, 4.69) is 44.2 Å². The molecule has 0 aliphatic heterocycles. The highest BCUT2D eigenvalue weighted by Gasteiger charge is 2.09. The van der Waals surface area contributed by atoms with Gasteiger partial charge in [-0.05, 0) is 36.8 Å². The first-order valence-electron chi connectivity index (χ1n) is 5.46. The second-order valence-corrected chi connectivity index (χ2v) is 4.42. The van der Waals surface area contributed by atoms with Crippen molar-refractivity contribution < 1.29 is 0 Å². The van der Waals surface area contributed by atoms with Crippen LogP contribution in [0.5, 0.6) is 0 Å². The molecule has 1 unspecified atom stereocenters. The molecule has 0 amide bonds. The van der Waals surface area contributed by atoms with Crippen LogP contribution in [0.4, 0.5) is 0 Å². The molecule has 0 aliphatic rings. The summed E-state index contributed by atoms with van der Waals surface area (Å²) in [6, 6.07) is 10.6. The predicted octanol–water partition coefficient (Wildman–Crippen LogP) is 2.85. The van der Waals surface area contributed by atoms with E-state index in [-0.39, 0.29) is 0 Å². The number of benzene rings is 1. The fourth-order valence-corrected chi connectivity index (χ4v) is 1.88. The van der Waals surface area contributed by atoms with Gasteiger partial charge in [-0.25, -0.2) is 0 Å². The summed E-state index contributed by atoms with van der Waals surface area (Å²) in [5.74, 6) is 1.38. The molecule has 1 nitrogen and oxygen atoms in total. The summed E-state index contributed by atoms with van der Waals surface area (Å²) in [5, 5.41) is 0. The molecule has 0 spiro atoms. The topological polar surface area (TPSA) is 26.0 Å². The van der Waals surface area contributed by atoms with Gasteiger partial charge < -0.3 is 5.73 Å². The SMILES string of the molecule is CC(C)CC(CN)Cc1ccccc1. The summed E-state index contributed by atoms with van der Waals surface area (Å²) in [5.41, 5.74) is 7.18. The van der Waals surface area contributed by atoms with Crippen molar-refractivity contribution in [3.05, 3.63) is 35.9 Å². The van der Waals surface area contributed by atoms with Crippen LogP contribution in [0, 0.1) is 11.8 Å². The molecule has 1 atom stereocenters. The molecule has 0 aromatic heterocycles. The van der Waals surface area contributed by atoms with E-state index < -0.39 is 0 Å². The average molecular weight is 191 g/mol. The van der Waals surface area contributed by atoms with E-state index in [0.717, 1.165) is 18.9 Å². The summed E-state index contributed by atoms with van der Waals surface area (Å²) in [6.45, 7) is 5.31. The predicted molar refractivity (Wildman–Crippen MR) is 62.1 cm³/mol. The molecule has 0 saturated carbocycles. The Morgan fingerprint density at radius 3 is 2.29 bits per heavy atom. The molecule has 14 heavy (non-hydrogen) atoms. The lowest BCUT2D eigenvalue weighted by atomic mass is 9.91. The molecule has 1 aromatic carbocycles. The van der Waals surface area contributed by atoms with Gasteiger partial charge >= 0.3 is 0 Å². The van der Waals surface area contributed by atoms with Gasteiger partial charge in [-0.1, -0.05) is 44.2 Å². The van der Waals surface area contributed by atoms with Crippen molar-refractivity contribution >= 4 is 0 Å². The summed E-state index contributed by atoms with van der Waals surface area (Å²) < 4.78 is 0. The third kappa shape index (κ3) is 3.93. The molecule has 0 heterocycles. The highest BCUT2D eigenvalue weighted by Crippen LogP contribution is 2.15. The Balaban J connectivity index is 2.48. The van der Waals surface area contributed by atoms with Gasteiger partial charge in [-0.2, -0.15) is 0 Å². The second kappa shape index (κ2) is 5.82. The summed E-state index contributed by atoms with van der Waals surface area (Å²) >= 11 is 0.